The summed E-state index contributed by atoms with van der Waals surface area (Å²) in [5.74, 6) is -0.155. The van der Waals surface area contributed by atoms with E-state index in [-0.39, 0.29) is 24.4 Å². The minimum Gasteiger partial charge on any atom is -0.436 e. The highest BCUT2D eigenvalue weighted by molar-refractivity contribution is 6.33. The summed E-state index contributed by atoms with van der Waals surface area (Å²) in [6.07, 6.45) is 7.22. The van der Waals surface area contributed by atoms with Crippen molar-refractivity contribution < 1.29 is 19.1 Å². The van der Waals surface area contributed by atoms with Crippen LogP contribution in [0.3, 0.4) is 0 Å². The van der Waals surface area contributed by atoms with Crippen LogP contribution in [0.4, 0.5) is 21.0 Å². The summed E-state index contributed by atoms with van der Waals surface area (Å²) in [6, 6.07) is 12.1. The maximum absolute atomic E-state index is 14.0. The van der Waals surface area contributed by atoms with Gasteiger partial charge in [0, 0.05) is 56.9 Å². The molecule has 4 amide bonds. The number of amides is 4. The summed E-state index contributed by atoms with van der Waals surface area (Å²) in [7, 11) is 0. The molecule has 2 aromatic rings. The van der Waals surface area contributed by atoms with Crippen molar-refractivity contribution in [1.29, 1.82) is 0 Å². The fraction of sp³-hybridized carbons (Fsp3) is 0.583. The number of piperidine rings is 3. The summed E-state index contributed by atoms with van der Waals surface area (Å²) in [5, 5.41) is 3.50. The van der Waals surface area contributed by atoms with Crippen molar-refractivity contribution >= 4 is 41.0 Å². The maximum atomic E-state index is 14.0. The van der Waals surface area contributed by atoms with Crippen molar-refractivity contribution in [1.82, 2.24) is 19.6 Å². The molecule has 0 saturated carbocycles. The van der Waals surface area contributed by atoms with E-state index >= 15 is 0 Å². The molecule has 10 nitrogen and oxygen atoms in total. The molecule has 254 valence electrons. The van der Waals surface area contributed by atoms with E-state index in [1.165, 1.54) is 19.3 Å². The molecular formula is C36H49ClN6O4. The zero-order chi connectivity index (χ0) is 32.9. The lowest BCUT2D eigenvalue weighted by Gasteiger charge is -2.41. The Balaban J connectivity index is 1.10. The second-order valence-electron chi connectivity index (χ2n) is 13.5. The van der Waals surface area contributed by atoms with Crippen LogP contribution < -0.4 is 11.1 Å². The van der Waals surface area contributed by atoms with Crippen LogP contribution in [0.15, 0.2) is 36.4 Å². The first-order chi connectivity index (χ1) is 22.8. The number of para-hydroxylation sites is 1. The molecule has 3 saturated heterocycles. The standard InChI is InChI=1S/C36H49ClN6O4/c1-2-26-22-25(23-30(37)33(26)38)24-32(34(44)41-17-11-28(12-18-41)40-15-6-3-7-16-40)47-36(46)42-19-13-29(14-20-42)43-21-10-27-8-4-5-9-31(27)39-35(43)45/h4-5,8-9,22-23,28-29,32H,2-3,6-7,10-21,24,38H2,1H3,(H,39,45)/t32-/m1/s1. The van der Waals surface area contributed by atoms with Crippen LogP contribution in [-0.2, 0) is 28.8 Å². The van der Waals surface area contributed by atoms with E-state index in [0.717, 1.165) is 54.7 Å². The predicted octanol–water partition coefficient (Wildman–Crippen LogP) is 5.56. The van der Waals surface area contributed by atoms with E-state index in [1.807, 2.05) is 47.1 Å². The number of benzene rings is 2. The average Bonchev–Trinajstić information content (AvgIpc) is 3.27. The van der Waals surface area contributed by atoms with Gasteiger partial charge < -0.3 is 35.4 Å². The van der Waals surface area contributed by atoms with Crippen LogP contribution in [0.5, 0.6) is 0 Å². The van der Waals surface area contributed by atoms with Crippen molar-refractivity contribution in [3.8, 4) is 0 Å². The zero-order valence-electron chi connectivity index (χ0n) is 27.6. The van der Waals surface area contributed by atoms with Gasteiger partial charge in [0.15, 0.2) is 6.10 Å². The number of likely N-dealkylation sites (tertiary alicyclic amines) is 3. The molecule has 0 spiro atoms. The smallest absolute Gasteiger partial charge is 0.410 e. The molecule has 4 aliphatic heterocycles. The minimum atomic E-state index is -0.967. The van der Waals surface area contributed by atoms with E-state index in [9.17, 15) is 14.4 Å². The van der Waals surface area contributed by atoms with Crippen molar-refractivity contribution in [3.05, 3.63) is 58.1 Å². The van der Waals surface area contributed by atoms with E-state index in [1.54, 1.807) is 11.0 Å². The number of hydrogen-bond donors (Lipinski definition) is 2. The summed E-state index contributed by atoms with van der Waals surface area (Å²) >= 11 is 6.48. The number of hydrogen-bond acceptors (Lipinski definition) is 6. The number of nitrogens with one attached hydrogen (secondary N) is 1. The number of anilines is 2. The van der Waals surface area contributed by atoms with Crippen LogP contribution in [0.25, 0.3) is 0 Å². The molecule has 0 radical (unpaired) electrons. The van der Waals surface area contributed by atoms with Crippen molar-refractivity contribution in [2.24, 2.45) is 0 Å². The summed E-state index contributed by atoms with van der Waals surface area (Å²) in [6.45, 7) is 7.15. The highest BCUT2D eigenvalue weighted by Gasteiger charge is 2.36. The number of aryl methyl sites for hydroxylation is 1. The Morgan fingerprint density at radius 2 is 1.62 bits per heavy atom. The number of nitrogens with two attached hydrogens (primary N) is 1. The molecule has 1 atom stereocenters. The molecule has 2 aromatic carbocycles. The zero-order valence-corrected chi connectivity index (χ0v) is 28.4. The Bertz CT molecular complexity index is 1430. The number of fused-ring (bicyclic) bond motifs is 1. The van der Waals surface area contributed by atoms with Crippen LogP contribution in [0.1, 0.15) is 68.6 Å². The molecular weight excluding hydrogens is 616 g/mol. The lowest BCUT2D eigenvalue weighted by atomic mass is 9.98. The average molecular weight is 665 g/mol. The molecule has 0 bridgehead atoms. The quantitative estimate of drug-likeness (QED) is 0.375. The SMILES string of the molecule is CCc1cc(C[C@@H](OC(=O)N2CCC(N3CCc4ccccc4NC3=O)CC2)C(=O)N2CCC(N3CCCCC3)CC2)cc(Cl)c1N. The Hall–Kier alpha value is -3.50. The molecule has 4 heterocycles. The van der Waals surface area contributed by atoms with E-state index < -0.39 is 12.2 Å². The number of nitrogens with zero attached hydrogens (tertiary/aromatic N) is 4. The van der Waals surface area contributed by atoms with Gasteiger partial charge in [-0.25, -0.2) is 9.59 Å². The number of carbonyl (C=O) groups excluding carboxylic acids is 3. The van der Waals surface area contributed by atoms with E-state index in [2.05, 4.69) is 10.2 Å². The van der Waals surface area contributed by atoms with Crippen LogP contribution in [0, 0.1) is 0 Å². The number of ether oxygens (including phenoxy) is 1. The maximum Gasteiger partial charge on any atom is 0.410 e. The van der Waals surface area contributed by atoms with E-state index in [4.69, 9.17) is 22.1 Å². The Kier molecular flexibility index (Phi) is 10.8. The first kappa shape index (κ1) is 33.4. The summed E-state index contributed by atoms with van der Waals surface area (Å²) < 4.78 is 6.08. The number of carbonyl (C=O) groups is 3. The number of halogens is 1. The molecule has 3 N–H and O–H groups in total. The Labute approximate surface area is 283 Å². The van der Waals surface area contributed by atoms with Gasteiger partial charge in [0.25, 0.3) is 5.91 Å². The van der Waals surface area contributed by atoms with Crippen LogP contribution in [-0.4, -0.2) is 102 Å². The van der Waals surface area contributed by atoms with Crippen molar-refractivity contribution in [2.75, 3.05) is 56.9 Å². The molecule has 0 unspecified atom stereocenters. The van der Waals surface area contributed by atoms with Crippen molar-refractivity contribution in [2.45, 2.75) is 89.3 Å². The highest BCUT2D eigenvalue weighted by Crippen LogP contribution is 2.29. The van der Waals surface area contributed by atoms with Gasteiger partial charge in [-0.05, 0) is 93.3 Å². The van der Waals surface area contributed by atoms with Gasteiger partial charge in [-0.3, -0.25) is 4.79 Å². The number of rotatable bonds is 7. The first-order valence-corrected chi connectivity index (χ1v) is 17.9. The topological polar surface area (TPSA) is 111 Å². The fourth-order valence-corrected chi connectivity index (χ4v) is 8.04. The van der Waals surface area contributed by atoms with Crippen molar-refractivity contribution in [3.63, 3.8) is 0 Å². The molecule has 47 heavy (non-hydrogen) atoms. The largest absolute Gasteiger partial charge is 0.436 e. The summed E-state index contributed by atoms with van der Waals surface area (Å²) in [5.41, 5.74) is 10.5. The molecule has 3 fully saturated rings. The van der Waals surface area contributed by atoms with Gasteiger partial charge in [0.05, 0.1) is 10.7 Å². The molecule has 11 heteroatoms. The Morgan fingerprint density at radius 3 is 2.34 bits per heavy atom. The van der Waals surface area contributed by atoms with Gasteiger partial charge in [-0.15, -0.1) is 0 Å². The van der Waals surface area contributed by atoms with Gasteiger partial charge in [0.2, 0.25) is 0 Å². The third-order valence-electron chi connectivity index (χ3n) is 10.6. The minimum absolute atomic E-state index is 0.0244. The first-order valence-electron chi connectivity index (χ1n) is 17.5. The predicted molar refractivity (Wildman–Crippen MR) is 185 cm³/mol. The van der Waals surface area contributed by atoms with Gasteiger partial charge in [-0.1, -0.05) is 49.2 Å². The third-order valence-corrected chi connectivity index (χ3v) is 10.9. The van der Waals surface area contributed by atoms with E-state index in [0.29, 0.717) is 68.7 Å². The Morgan fingerprint density at radius 1 is 0.936 bits per heavy atom. The molecule has 0 aromatic heterocycles. The van der Waals surface area contributed by atoms with Gasteiger partial charge in [0.1, 0.15) is 0 Å². The molecule has 0 aliphatic carbocycles. The van der Waals surface area contributed by atoms with Crippen LogP contribution >= 0.6 is 11.6 Å². The molecule has 6 rings (SSSR count). The fourth-order valence-electron chi connectivity index (χ4n) is 7.77. The lowest BCUT2D eigenvalue weighted by Crippen LogP contribution is -2.53. The lowest BCUT2D eigenvalue weighted by molar-refractivity contribution is -0.142. The second-order valence-corrected chi connectivity index (χ2v) is 13.9. The number of urea groups is 1. The molecule has 4 aliphatic rings. The second kappa shape index (κ2) is 15.2. The summed E-state index contributed by atoms with van der Waals surface area (Å²) in [4.78, 5) is 48.8. The highest BCUT2D eigenvalue weighted by atomic mass is 35.5. The normalized spacial score (nSPS) is 20.7. The number of nitrogen functional groups attached to an aromatic ring is 1. The van der Waals surface area contributed by atoms with Crippen LogP contribution in [0.2, 0.25) is 5.02 Å². The monoisotopic (exact) mass is 664 g/mol. The third kappa shape index (κ3) is 7.81. The van der Waals surface area contributed by atoms with Gasteiger partial charge in [-0.2, -0.15) is 0 Å². The van der Waals surface area contributed by atoms with Gasteiger partial charge >= 0.3 is 12.1 Å².